The van der Waals surface area contributed by atoms with Crippen molar-refractivity contribution in [3.8, 4) is 0 Å². The van der Waals surface area contributed by atoms with Gasteiger partial charge in [-0.2, -0.15) is 0 Å². The summed E-state index contributed by atoms with van der Waals surface area (Å²) in [4.78, 5) is 24.0. The quantitative estimate of drug-likeness (QED) is 0.541. The van der Waals surface area contributed by atoms with Crippen LogP contribution in [-0.4, -0.2) is 56.6 Å². The first-order valence-electron chi connectivity index (χ1n) is 5.92. The van der Waals surface area contributed by atoms with Gasteiger partial charge in [0, 0.05) is 39.6 Å². The molecule has 6 heteroatoms. The van der Waals surface area contributed by atoms with E-state index in [9.17, 15) is 9.59 Å². The molecule has 0 aliphatic carbocycles. The Labute approximate surface area is 103 Å². The summed E-state index contributed by atoms with van der Waals surface area (Å²) in [5, 5.41) is 8.59. The van der Waals surface area contributed by atoms with Gasteiger partial charge in [0.1, 0.15) is 0 Å². The summed E-state index contributed by atoms with van der Waals surface area (Å²) < 4.78 is 0. The Morgan fingerprint density at radius 2 is 1.76 bits per heavy atom. The fraction of sp³-hybridized carbons (Fsp3) is 0.818. The predicted octanol–water partition coefficient (Wildman–Crippen LogP) is -0.238. The van der Waals surface area contributed by atoms with E-state index in [2.05, 4.69) is 16.0 Å². The fourth-order valence-corrected chi connectivity index (χ4v) is 1.30. The maximum Gasteiger partial charge on any atom is 0.316 e. The van der Waals surface area contributed by atoms with Crippen LogP contribution in [0.4, 0.5) is 4.79 Å². The lowest BCUT2D eigenvalue weighted by molar-refractivity contribution is -0.121. The van der Waals surface area contributed by atoms with Gasteiger partial charge in [0.05, 0.1) is 0 Å². The van der Waals surface area contributed by atoms with Crippen LogP contribution in [0.25, 0.3) is 0 Å². The molecule has 0 spiro atoms. The largest absolute Gasteiger partial charge is 0.354 e. The van der Waals surface area contributed by atoms with Gasteiger partial charge in [0.15, 0.2) is 0 Å². The van der Waals surface area contributed by atoms with Crippen molar-refractivity contribution in [2.45, 2.75) is 26.3 Å². The van der Waals surface area contributed by atoms with Crippen molar-refractivity contribution in [2.24, 2.45) is 0 Å². The highest BCUT2D eigenvalue weighted by Crippen LogP contribution is 1.89. The Bertz CT molecular complexity index is 244. The van der Waals surface area contributed by atoms with Crippen molar-refractivity contribution in [3.63, 3.8) is 0 Å². The van der Waals surface area contributed by atoms with Crippen LogP contribution < -0.4 is 16.0 Å². The zero-order chi connectivity index (χ0) is 13.3. The molecule has 0 saturated heterocycles. The number of hydrogen-bond acceptors (Lipinski definition) is 3. The molecular formula is C11H24N4O2. The number of carbonyl (C=O) groups excluding carboxylic acids is 2. The second-order valence-electron chi connectivity index (χ2n) is 4.14. The Kier molecular flexibility index (Phi) is 8.13. The molecule has 0 rings (SSSR count). The van der Waals surface area contributed by atoms with Gasteiger partial charge in [-0.3, -0.25) is 4.79 Å². The van der Waals surface area contributed by atoms with Gasteiger partial charge in [-0.25, -0.2) is 4.79 Å². The van der Waals surface area contributed by atoms with Crippen molar-refractivity contribution >= 4 is 11.9 Å². The molecule has 0 aromatic heterocycles. The average Bonchev–Trinajstić information content (AvgIpc) is 2.24. The van der Waals surface area contributed by atoms with Crippen molar-refractivity contribution < 1.29 is 9.59 Å². The lowest BCUT2D eigenvalue weighted by atomic mass is 10.2. The average molecular weight is 244 g/mol. The number of nitrogens with zero attached hydrogens (tertiary/aromatic N) is 1. The molecule has 0 aromatic rings. The summed E-state index contributed by atoms with van der Waals surface area (Å²) in [6.45, 7) is 5.73. The molecule has 1 atom stereocenters. The smallest absolute Gasteiger partial charge is 0.316 e. The maximum absolute atomic E-state index is 11.4. The summed E-state index contributed by atoms with van der Waals surface area (Å²) in [6.07, 6.45) is 0.454. The van der Waals surface area contributed by atoms with Crippen LogP contribution in [0.2, 0.25) is 0 Å². The van der Waals surface area contributed by atoms with Crippen molar-refractivity contribution in [2.75, 3.05) is 33.7 Å². The third-order valence-corrected chi connectivity index (χ3v) is 2.17. The van der Waals surface area contributed by atoms with E-state index in [0.717, 1.165) is 6.54 Å². The van der Waals surface area contributed by atoms with E-state index in [-0.39, 0.29) is 18.0 Å². The second-order valence-corrected chi connectivity index (χ2v) is 4.14. The third-order valence-electron chi connectivity index (χ3n) is 2.17. The molecule has 0 radical (unpaired) electrons. The van der Waals surface area contributed by atoms with Gasteiger partial charge in [0.2, 0.25) is 5.91 Å². The first-order chi connectivity index (χ1) is 7.97. The first kappa shape index (κ1) is 15.7. The van der Waals surface area contributed by atoms with E-state index in [1.165, 1.54) is 4.90 Å². The van der Waals surface area contributed by atoms with Crippen LogP contribution in [0.1, 0.15) is 20.3 Å². The van der Waals surface area contributed by atoms with Crippen molar-refractivity contribution in [3.05, 3.63) is 0 Å². The number of rotatable bonds is 7. The highest BCUT2D eigenvalue weighted by molar-refractivity contribution is 5.76. The molecule has 0 aromatic carbocycles. The predicted molar refractivity (Wildman–Crippen MR) is 67.9 cm³/mol. The minimum Gasteiger partial charge on any atom is -0.354 e. The monoisotopic (exact) mass is 244 g/mol. The van der Waals surface area contributed by atoms with Gasteiger partial charge >= 0.3 is 6.03 Å². The Balaban J connectivity index is 3.55. The zero-order valence-electron chi connectivity index (χ0n) is 11.2. The maximum atomic E-state index is 11.4. The topological polar surface area (TPSA) is 73.5 Å². The SMILES string of the molecule is CCNC(C)CC(=O)NCCNC(=O)N(C)C. The minimum absolute atomic E-state index is 0.00227. The fourth-order valence-electron chi connectivity index (χ4n) is 1.30. The van der Waals surface area contributed by atoms with E-state index in [1.54, 1.807) is 14.1 Å². The molecule has 6 nitrogen and oxygen atoms in total. The Morgan fingerprint density at radius 1 is 1.18 bits per heavy atom. The van der Waals surface area contributed by atoms with Crippen LogP contribution in [0, 0.1) is 0 Å². The van der Waals surface area contributed by atoms with Crippen molar-refractivity contribution in [1.82, 2.24) is 20.9 Å². The zero-order valence-corrected chi connectivity index (χ0v) is 11.2. The van der Waals surface area contributed by atoms with E-state index >= 15 is 0 Å². The van der Waals surface area contributed by atoms with Crippen LogP contribution in [0.3, 0.4) is 0 Å². The second kappa shape index (κ2) is 8.81. The summed E-state index contributed by atoms with van der Waals surface area (Å²) in [5.74, 6) is -0.00227. The molecule has 0 fully saturated rings. The molecule has 100 valence electrons. The van der Waals surface area contributed by atoms with Gasteiger partial charge in [-0.05, 0) is 13.5 Å². The molecule has 0 heterocycles. The summed E-state index contributed by atoms with van der Waals surface area (Å²) in [5.41, 5.74) is 0. The minimum atomic E-state index is -0.153. The Hall–Kier alpha value is -1.30. The van der Waals surface area contributed by atoms with E-state index in [0.29, 0.717) is 19.5 Å². The van der Waals surface area contributed by atoms with Gasteiger partial charge in [-0.1, -0.05) is 6.92 Å². The van der Waals surface area contributed by atoms with Crippen LogP contribution in [-0.2, 0) is 4.79 Å². The molecule has 0 aliphatic heterocycles. The number of hydrogen-bond donors (Lipinski definition) is 3. The summed E-state index contributed by atoms with van der Waals surface area (Å²) in [6, 6.07) is 0.0247. The highest BCUT2D eigenvalue weighted by atomic mass is 16.2. The number of amides is 3. The van der Waals surface area contributed by atoms with Gasteiger partial charge in [-0.15, -0.1) is 0 Å². The molecular weight excluding hydrogens is 220 g/mol. The number of nitrogens with one attached hydrogen (secondary N) is 3. The molecule has 1 unspecified atom stereocenters. The normalized spacial score (nSPS) is 11.8. The van der Waals surface area contributed by atoms with E-state index < -0.39 is 0 Å². The van der Waals surface area contributed by atoms with Crippen LogP contribution >= 0.6 is 0 Å². The van der Waals surface area contributed by atoms with Gasteiger partial charge in [0.25, 0.3) is 0 Å². The molecule has 0 aliphatic rings. The summed E-state index contributed by atoms with van der Waals surface area (Å²) in [7, 11) is 3.35. The third kappa shape index (κ3) is 8.50. The summed E-state index contributed by atoms with van der Waals surface area (Å²) >= 11 is 0. The standard InChI is InChI=1S/C11H24N4O2/c1-5-12-9(2)8-10(16)13-6-7-14-11(17)15(3)4/h9,12H,5-8H2,1-4H3,(H,13,16)(H,14,17). The molecule has 3 N–H and O–H groups in total. The Morgan fingerprint density at radius 3 is 2.29 bits per heavy atom. The first-order valence-corrected chi connectivity index (χ1v) is 5.92. The van der Waals surface area contributed by atoms with Crippen LogP contribution in [0.15, 0.2) is 0 Å². The molecule has 0 bridgehead atoms. The molecule has 17 heavy (non-hydrogen) atoms. The lowest BCUT2D eigenvalue weighted by Crippen LogP contribution is -2.40. The van der Waals surface area contributed by atoms with E-state index in [4.69, 9.17) is 0 Å². The highest BCUT2D eigenvalue weighted by Gasteiger charge is 2.07. The van der Waals surface area contributed by atoms with Crippen molar-refractivity contribution in [1.29, 1.82) is 0 Å². The molecule has 3 amide bonds. The number of carbonyl (C=O) groups is 2. The lowest BCUT2D eigenvalue weighted by Gasteiger charge is -2.14. The van der Waals surface area contributed by atoms with Crippen LogP contribution in [0.5, 0.6) is 0 Å². The number of urea groups is 1. The molecule has 0 saturated carbocycles. The van der Waals surface area contributed by atoms with E-state index in [1.807, 2.05) is 13.8 Å². The van der Waals surface area contributed by atoms with Gasteiger partial charge < -0.3 is 20.9 Å².